The van der Waals surface area contributed by atoms with Crippen molar-refractivity contribution in [1.82, 2.24) is 9.47 Å². The van der Waals surface area contributed by atoms with E-state index in [2.05, 4.69) is 39.9 Å². The summed E-state index contributed by atoms with van der Waals surface area (Å²) in [5, 5.41) is 12.0. The standard InChI is InChI=1S/C24H34N2O3/c27-24(11-16-28-17-12-24)18-25-13-8-20(9-14-25)29-23-7-3-6-22-21(23)10-15-26(22)19-4-1-2-5-19/h3,6-7,10,15,19-20,27H,1-2,4-5,8-9,11-14,16-18H2. The SMILES string of the molecule is OC1(CN2CCC(Oc3cccc4c3ccn4C3CCCC3)CC2)CCOCC1. The highest BCUT2D eigenvalue weighted by molar-refractivity contribution is 5.86. The number of aliphatic hydroxyl groups is 1. The maximum Gasteiger partial charge on any atom is 0.129 e. The van der Waals surface area contributed by atoms with Crippen molar-refractivity contribution in [3.63, 3.8) is 0 Å². The molecule has 0 unspecified atom stereocenters. The molecule has 0 atom stereocenters. The molecular formula is C24H34N2O3. The van der Waals surface area contributed by atoms with Gasteiger partial charge < -0.3 is 24.0 Å². The molecule has 0 spiro atoms. The predicted molar refractivity (Wildman–Crippen MR) is 115 cm³/mol. The van der Waals surface area contributed by atoms with Crippen molar-refractivity contribution < 1.29 is 14.6 Å². The number of benzene rings is 1. The van der Waals surface area contributed by atoms with Crippen LogP contribution in [0.5, 0.6) is 5.75 Å². The lowest BCUT2D eigenvalue weighted by molar-refractivity contribution is -0.0844. The Balaban J connectivity index is 1.21. The number of piperidine rings is 1. The third-order valence-corrected chi connectivity index (χ3v) is 7.21. The van der Waals surface area contributed by atoms with Gasteiger partial charge in [0.2, 0.25) is 0 Å². The van der Waals surface area contributed by atoms with Gasteiger partial charge in [-0.05, 0) is 43.9 Å². The highest BCUT2D eigenvalue weighted by Gasteiger charge is 2.33. The van der Waals surface area contributed by atoms with E-state index >= 15 is 0 Å². The number of β-amino-alcohol motifs (C(OH)–C–C–N with tert-alkyl or cyclic N) is 1. The second-order valence-corrected chi connectivity index (χ2v) is 9.28. The van der Waals surface area contributed by atoms with Gasteiger partial charge in [-0.25, -0.2) is 0 Å². The van der Waals surface area contributed by atoms with Crippen LogP contribution < -0.4 is 4.74 Å². The lowest BCUT2D eigenvalue weighted by atomic mass is 9.92. The van der Waals surface area contributed by atoms with Gasteiger partial charge in [0, 0.05) is 63.3 Å². The van der Waals surface area contributed by atoms with E-state index in [0.717, 1.165) is 51.1 Å². The van der Waals surface area contributed by atoms with Crippen molar-refractivity contribution >= 4 is 10.9 Å². The summed E-state index contributed by atoms with van der Waals surface area (Å²) in [7, 11) is 0. The third kappa shape index (κ3) is 4.18. The molecule has 1 aromatic carbocycles. The van der Waals surface area contributed by atoms with Gasteiger partial charge in [0.25, 0.3) is 0 Å². The fraction of sp³-hybridized carbons (Fsp3) is 0.667. The Labute approximate surface area is 173 Å². The first-order valence-corrected chi connectivity index (χ1v) is 11.5. The number of nitrogens with zero attached hydrogens (tertiary/aromatic N) is 2. The van der Waals surface area contributed by atoms with E-state index in [-0.39, 0.29) is 6.10 Å². The van der Waals surface area contributed by atoms with Crippen molar-refractivity contribution in [3.8, 4) is 5.75 Å². The van der Waals surface area contributed by atoms with Gasteiger partial charge in [-0.2, -0.15) is 0 Å². The van der Waals surface area contributed by atoms with Crippen LogP contribution in [0.3, 0.4) is 0 Å². The maximum atomic E-state index is 10.8. The molecule has 158 valence electrons. The molecule has 3 fully saturated rings. The molecule has 5 heteroatoms. The van der Waals surface area contributed by atoms with Crippen LogP contribution in [0.1, 0.15) is 57.4 Å². The van der Waals surface area contributed by atoms with E-state index in [1.165, 1.54) is 36.6 Å². The lowest BCUT2D eigenvalue weighted by Gasteiger charge is -2.39. The molecule has 2 saturated heterocycles. The van der Waals surface area contributed by atoms with Crippen LogP contribution in [0.15, 0.2) is 30.5 Å². The first-order chi connectivity index (χ1) is 14.2. The zero-order valence-corrected chi connectivity index (χ0v) is 17.4. The molecule has 0 bridgehead atoms. The molecule has 2 aromatic rings. The molecular weight excluding hydrogens is 364 g/mol. The molecule has 2 aliphatic heterocycles. The van der Waals surface area contributed by atoms with Crippen molar-refractivity contribution in [2.24, 2.45) is 0 Å². The van der Waals surface area contributed by atoms with Gasteiger partial charge in [0.1, 0.15) is 11.9 Å². The minimum Gasteiger partial charge on any atom is -0.490 e. The van der Waals surface area contributed by atoms with Crippen molar-refractivity contribution in [2.75, 3.05) is 32.8 Å². The number of fused-ring (bicyclic) bond motifs is 1. The fourth-order valence-corrected chi connectivity index (χ4v) is 5.45. The van der Waals surface area contributed by atoms with E-state index in [1.807, 2.05) is 0 Å². The Morgan fingerprint density at radius 3 is 2.55 bits per heavy atom. The van der Waals surface area contributed by atoms with Crippen LogP contribution >= 0.6 is 0 Å². The highest BCUT2D eigenvalue weighted by atomic mass is 16.5. The van der Waals surface area contributed by atoms with Crippen molar-refractivity contribution in [1.29, 1.82) is 0 Å². The quantitative estimate of drug-likeness (QED) is 0.822. The number of rotatable bonds is 5. The van der Waals surface area contributed by atoms with Gasteiger partial charge in [-0.3, -0.25) is 0 Å². The van der Waals surface area contributed by atoms with Gasteiger partial charge in [0.05, 0.1) is 11.1 Å². The number of aromatic nitrogens is 1. The molecule has 0 amide bonds. The van der Waals surface area contributed by atoms with Crippen LogP contribution in [0, 0.1) is 0 Å². The normalized spacial score (nSPS) is 24.3. The summed E-state index contributed by atoms with van der Waals surface area (Å²) in [6, 6.07) is 9.38. The summed E-state index contributed by atoms with van der Waals surface area (Å²) in [5.74, 6) is 1.03. The van der Waals surface area contributed by atoms with Crippen LogP contribution in [-0.4, -0.2) is 59.1 Å². The summed E-state index contributed by atoms with van der Waals surface area (Å²) in [4.78, 5) is 2.41. The monoisotopic (exact) mass is 398 g/mol. The average molecular weight is 399 g/mol. The summed E-state index contributed by atoms with van der Waals surface area (Å²) in [5.41, 5.74) is 0.745. The molecule has 3 heterocycles. The molecule has 1 saturated carbocycles. The summed E-state index contributed by atoms with van der Waals surface area (Å²) < 4.78 is 14.4. The second kappa shape index (κ2) is 8.29. The molecule has 1 aliphatic carbocycles. The van der Waals surface area contributed by atoms with E-state index in [9.17, 15) is 5.11 Å². The van der Waals surface area contributed by atoms with E-state index in [0.29, 0.717) is 19.3 Å². The first kappa shape index (κ1) is 19.4. The largest absolute Gasteiger partial charge is 0.490 e. The molecule has 5 nitrogen and oxygen atoms in total. The smallest absolute Gasteiger partial charge is 0.129 e. The zero-order valence-electron chi connectivity index (χ0n) is 17.4. The Hall–Kier alpha value is -1.56. The van der Waals surface area contributed by atoms with E-state index in [1.54, 1.807) is 0 Å². The number of hydrogen-bond donors (Lipinski definition) is 1. The van der Waals surface area contributed by atoms with Crippen molar-refractivity contribution in [2.45, 2.75) is 69.1 Å². The van der Waals surface area contributed by atoms with Gasteiger partial charge in [-0.15, -0.1) is 0 Å². The number of hydrogen-bond acceptors (Lipinski definition) is 4. The van der Waals surface area contributed by atoms with Crippen LogP contribution in [0.2, 0.25) is 0 Å². The minimum atomic E-state index is -0.569. The molecule has 5 rings (SSSR count). The van der Waals surface area contributed by atoms with Crippen LogP contribution in [0.25, 0.3) is 10.9 Å². The van der Waals surface area contributed by atoms with E-state index in [4.69, 9.17) is 9.47 Å². The van der Waals surface area contributed by atoms with Gasteiger partial charge in [0.15, 0.2) is 0 Å². The fourth-order valence-electron chi connectivity index (χ4n) is 5.45. The molecule has 1 aromatic heterocycles. The topological polar surface area (TPSA) is 46.9 Å². The summed E-state index contributed by atoms with van der Waals surface area (Å²) in [6.07, 6.45) is 11.4. The maximum absolute atomic E-state index is 10.8. The zero-order chi connectivity index (χ0) is 19.7. The number of ether oxygens (including phenoxy) is 2. The Morgan fingerprint density at radius 2 is 1.79 bits per heavy atom. The number of likely N-dealkylation sites (tertiary alicyclic amines) is 1. The predicted octanol–water partition coefficient (Wildman–Crippen LogP) is 4.14. The summed E-state index contributed by atoms with van der Waals surface area (Å²) >= 11 is 0. The molecule has 0 radical (unpaired) electrons. The van der Waals surface area contributed by atoms with Gasteiger partial charge in [-0.1, -0.05) is 18.9 Å². The Bertz CT molecular complexity index is 813. The molecule has 29 heavy (non-hydrogen) atoms. The second-order valence-electron chi connectivity index (χ2n) is 9.28. The molecule has 1 N–H and O–H groups in total. The highest BCUT2D eigenvalue weighted by Crippen LogP contribution is 2.36. The lowest BCUT2D eigenvalue weighted by Crippen LogP contribution is -2.50. The average Bonchev–Trinajstić information content (AvgIpc) is 3.40. The molecule has 3 aliphatic rings. The summed E-state index contributed by atoms with van der Waals surface area (Å²) in [6.45, 7) is 4.11. The van der Waals surface area contributed by atoms with Crippen LogP contribution in [0.4, 0.5) is 0 Å². The Morgan fingerprint density at radius 1 is 1.03 bits per heavy atom. The Kier molecular flexibility index (Phi) is 5.55. The third-order valence-electron chi connectivity index (χ3n) is 7.21. The minimum absolute atomic E-state index is 0.260. The van der Waals surface area contributed by atoms with Crippen LogP contribution in [-0.2, 0) is 4.74 Å². The van der Waals surface area contributed by atoms with Gasteiger partial charge >= 0.3 is 0 Å². The van der Waals surface area contributed by atoms with Crippen molar-refractivity contribution in [3.05, 3.63) is 30.5 Å². The first-order valence-electron chi connectivity index (χ1n) is 11.5. The van der Waals surface area contributed by atoms with E-state index < -0.39 is 5.60 Å².